The van der Waals surface area contributed by atoms with Gasteiger partial charge in [-0.2, -0.15) is 0 Å². The minimum atomic E-state index is -0.0900. The fourth-order valence-corrected chi connectivity index (χ4v) is 1.35. The maximum Gasteiger partial charge on any atom is 0.0947 e. The van der Waals surface area contributed by atoms with Crippen LogP contribution in [0.25, 0.3) is 0 Å². The molecule has 17 heavy (non-hydrogen) atoms. The SMILES string of the molecule is CCON(OC(C)CCO)c1ccc(C)cc1. The molecule has 96 valence electrons. The fourth-order valence-electron chi connectivity index (χ4n) is 1.35. The third kappa shape index (κ3) is 4.73. The summed E-state index contributed by atoms with van der Waals surface area (Å²) >= 11 is 0. The number of aryl methyl sites for hydroxylation is 1. The highest BCUT2D eigenvalue weighted by Crippen LogP contribution is 2.17. The van der Waals surface area contributed by atoms with E-state index in [0.29, 0.717) is 13.0 Å². The summed E-state index contributed by atoms with van der Waals surface area (Å²) in [5.41, 5.74) is 2.04. The van der Waals surface area contributed by atoms with Crippen LogP contribution in [0.3, 0.4) is 0 Å². The molecule has 0 radical (unpaired) electrons. The summed E-state index contributed by atoms with van der Waals surface area (Å²) in [5, 5.41) is 10.3. The predicted molar refractivity (Wildman–Crippen MR) is 67.5 cm³/mol. The monoisotopic (exact) mass is 239 g/mol. The minimum absolute atomic E-state index is 0.0900. The minimum Gasteiger partial charge on any atom is -0.396 e. The number of benzene rings is 1. The van der Waals surface area contributed by atoms with Crippen LogP contribution in [0.4, 0.5) is 5.69 Å². The van der Waals surface area contributed by atoms with Crippen molar-refractivity contribution >= 4 is 5.69 Å². The van der Waals surface area contributed by atoms with E-state index in [1.165, 1.54) is 10.8 Å². The largest absolute Gasteiger partial charge is 0.396 e. The average Bonchev–Trinajstić information content (AvgIpc) is 2.30. The molecule has 0 heterocycles. The molecular formula is C13H21NO3. The lowest BCUT2D eigenvalue weighted by atomic mass is 10.2. The Morgan fingerprint density at radius 1 is 1.29 bits per heavy atom. The Morgan fingerprint density at radius 3 is 2.47 bits per heavy atom. The van der Waals surface area contributed by atoms with Gasteiger partial charge >= 0.3 is 0 Å². The lowest BCUT2D eigenvalue weighted by Crippen LogP contribution is -2.29. The van der Waals surface area contributed by atoms with E-state index >= 15 is 0 Å². The molecule has 0 aliphatic rings. The molecule has 0 aliphatic heterocycles. The van der Waals surface area contributed by atoms with Gasteiger partial charge in [-0.3, -0.25) is 0 Å². The summed E-state index contributed by atoms with van der Waals surface area (Å²) in [5.74, 6) is 0. The first-order chi connectivity index (χ1) is 8.17. The lowest BCUT2D eigenvalue weighted by molar-refractivity contribution is -0.118. The Hall–Kier alpha value is -1.10. The molecule has 0 aromatic heterocycles. The second-order valence-electron chi connectivity index (χ2n) is 3.94. The van der Waals surface area contributed by atoms with Gasteiger partial charge in [0.25, 0.3) is 0 Å². The molecule has 1 unspecified atom stereocenters. The molecule has 0 bridgehead atoms. The summed E-state index contributed by atoms with van der Waals surface area (Å²) < 4.78 is 0. The Kier molecular flexibility index (Phi) is 5.97. The van der Waals surface area contributed by atoms with Crippen molar-refractivity contribution in [3.63, 3.8) is 0 Å². The Bertz CT molecular complexity index is 313. The number of hydrogen-bond acceptors (Lipinski definition) is 4. The van der Waals surface area contributed by atoms with Gasteiger partial charge in [0.1, 0.15) is 0 Å². The summed E-state index contributed by atoms with van der Waals surface area (Å²) in [4.78, 5) is 11.0. The zero-order chi connectivity index (χ0) is 12.7. The zero-order valence-electron chi connectivity index (χ0n) is 10.7. The van der Waals surface area contributed by atoms with Crippen molar-refractivity contribution in [3.05, 3.63) is 29.8 Å². The normalized spacial score (nSPS) is 12.5. The van der Waals surface area contributed by atoms with Crippen LogP contribution < -0.4 is 5.23 Å². The van der Waals surface area contributed by atoms with Crippen LogP contribution >= 0.6 is 0 Å². The van der Waals surface area contributed by atoms with Crippen LogP contribution in [-0.2, 0) is 9.68 Å². The van der Waals surface area contributed by atoms with Gasteiger partial charge in [0.2, 0.25) is 0 Å². The first-order valence-corrected chi connectivity index (χ1v) is 5.94. The average molecular weight is 239 g/mol. The Morgan fingerprint density at radius 2 is 1.94 bits per heavy atom. The zero-order valence-corrected chi connectivity index (χ0v) is 10.7. The van der Waals surface area contributed by atoms with E-state index in [9.17, 15) is 0 Å². The number of nitrogens with zero attached hydrogens (tertiary/aromatic N) is 1. The third-order valence-electron chi connectivity index (χ3n) is 2.30. The molecule has 0 saturated heterocycles. The van der Waals surface area contributed by atoms with Gasteiger partial charge in [-0.15, -0.1) is 5.23 Å². The maximum absolute atomic E-state index is 8.85. The molecule has 1 atom stereocenters. The Balaban J connectivity index is 2.67. The molecule has 0 fully saturated rings. The number of aliphatic hydroxyl groups is 1. The molecule has 0 amide bonds. The maximum atomic E-state index is 8.85. The predicted octanol–water partition coefficient (Wildman–Crippen LogP) is 2.46. The fraction of sp³-hybridized carbons (Fsp3) is 0.538. The number of hydrogen-bond donors (Lipinski definition) is 1. The van der Waals surface area contributed by atoms with Gasteiger partial charge in [0.15, 0.2) is 0 Å². The highest BCUT2D eigenvalue weighted by molar-refractivity contribution is 5.43. The van der Waals surface area contributed by atoms with Crippen LogP contribution in [-0.4, -0.2) is 24.4 Å². The van der Waals surface area contributed by atoms with Crippen molar-refractivity contribution in [2.24, 2.45) is 0 Å². The molecule has 1 aromatic carbocycles. The second kappa shape index (κ2) is 7.27. The summed E-state index contributed by atoms with van der Waals surface area (Å²) in [7, 11) is 0. The number of rotatable bonds is 7. The number of anilines is 1. The summed E-state index contributed by atoms with van der Waals surface area (Å²) in [6.07, 6.45) is 0.489. The number of aliphatic hydroxyl groups excluding tert-OH is 1. The quantitative estimate of drug-likeness (QED) is 0.742. The first-order valence-electron chi connectivity index (χ1n) is 5.94. The van der Waals surface area contributed by atoms with Crippen molar-refractivity contribution in [1.29, 1.82) is 0 Å². The molecule has 0 saturated carbocycles. The molecule has 1 rings (SSSR count). The van der Waals surface area contributed by atoms with Crippen LogP contribution in [0, 0.1) is 6.92 Å². The summed E-state index contributed by atoms with van der Waals surface area (Å²) in [6.45, 7) is 6.47. The van der Waals surface area contributed by atoms with Crippen LogP contribution in [0.15, 0.2) is 24.3 Å². The second-order valence-corrected chi connectivity index (χ2v) is 3.94. The van der Waals surface area contributed by atoms with E-state index in [4.69, 9.17) is 14.8 Å². The highest BCUT2D eigenvalue weighted by Gasteiger charge is 2.12. The van der Waals surface area contributed by atoms with E-state index < -0.39 is 0 Å². The van der Waals surface area contributed by atoms with Crippen LogP contribution in [0.1, 0.15) is 25.8 Å². The Labute approximate surface area is 103 Å². The smallest absolute Gasteiger partial charge is 0.0947 e. The molecule has 1 aromatic rings. The van der Waals surface area contributed by atoms with Crippen molar-refractivity contribution in [2.75, 3.05) is 18.4 Å². The first kappa shape index (κ1) is 14.0. The van der Waals surface area contributed by atoms with E-state index in [1.54, 1.807) is 0 Å². The van der Waals surface area contributed by atoms with Gasteiger partial charge in [-0.25, -0.2) is 9.68 Å². The molecule has 0 aliphatic carbocycles. The van der Waals surface area contributed by atoms with Crippen molar-refractivity contribution in [2.45, 2.75) is 33.3 Å². The van der Waals surface area contributed by atoms with Gasteiger partial charge < -0.3 is 5.11 Å². The van der Waals surface area contributed by atoms with Crippen molar-refractivity contribution in [1.82, 2.24) is 0 Å². The topological polar surface area (TPSA) is 41.9 Å². The van der Waals surface area contributed by atoms with Crippen molar-refractivity contribution < 1.29 is 14.8 Å². The van der Waals surface area contributed by atoms with E-state index in [1.807, 2.05) is 45.0 Å². The van der Waals surface area contributed by atoms with E-state index in [2.05, 4.69) is 0 Å². The van der Waals surface area contributed by atoms with Gasteiger partial charge in [-0.1, -0.05) is 17.7 Å². The van der Waals surface area contributed by atoms with E-state index in [0.717, 1.165) is 5.69 Å². The molecule has 0 spiro atoms. The van der Waals surface area contributed by atoms with Crippen LogP contribution in [0.2, 0.25) is 0 Å². The highest BCUT2D eigenvalue weighted by atomic mass is 17.0. The van der Waals surface area contributed by atoms with Crippen LogP contribution in [0.5, 0.6) is 0 Å². The molecule has 4 heteroatoms. The van der Waals surface area contributed by atoms with Gasteiger partial charge in [0.05, 0.1) is 18.4 Å². The molecule has 4 nitrogen and oxygen atoms in total. The third-order valence-corrected chi connectivity index (χ3v) is 2.30. The van der Waals surface area contributed by atoms with Gasteiger partial charge in [-0.05, 0) is 39.3 Å². The molecular weight excluding hydrogens is 218 g/mol. The van der Waals surface area contributed by atoms with Gasteiger partial charge in [0, 0.05) is 6.61 Å². The van der Waals surface area contributed by atoms with E-state index in [-0.39, 0.29) is 12.7 Å². The molecule has 1 N–H and O–H groups in total. The van der Waals surface area contributed by atoms with Crippen molar-refractivity contribution in [3.8, 4) is 0 Å². The lowest BCUT2D eigenvalue weighted by Gasteiger charge is -2.25. The summed E-state index contributed by atoms with van der Waals surface area (Å²) in [6, 6.07) is 7.89. The standard InChI is InChI=1S/C13H21NO3/c1-4-16-14(17-12(3)9-10-15)13-7-5-11(2)6-8-13/h5-8,12,15H,4,9-10H2,1-3H3.